The normalized spacial score (nSPS) is 19.5. The van der Waals surface area contributed by atoms with Crippen LogP contribution in [0.4, 0.5) is 0 Å². The molecular weight excluding hydrogens is 160 g/mol. The second kappa shape index (κ2) is 6.01. The lowest BCUT2D eigenvalue weighted by atomic mass is 9.92. The van der Waals surface area contributed by atoms with E-state index in [9.17, 15) is 0 Å². The largest absolute Gasteiger partial charge is 0.318 e. The summed E-state index contributed by atoms with van der Waals surface area (Å²) in [5, 5.41) is 0. The summed E-state index contributed by atoms with van der Waals surface area (Å²) in [5.41, 5.74) is 5.57. The van der Waals surface area contributed by atoms with Gasteiger partial charge in [-0.15, -0.1) is 11.8 Å². The number of hydrogen-bond donors (Lipinski definition) is 1. The molecule has 0 aromatic carbocycles. The zero-order valence-electron chi connectivity index (χ0n) is 8.55. The Balaban J connectivity index is 2.12. The molecule has 0 saturated carbocycles. The zero-order chi connectivity index (χ0) is 9.52. The highest BCUT2D eigenvalue weighted by molar-refractivity contribution is 4.95. The molecule has 1 saturated heterocycles. The van der Waals surface area contributed by atoms with E-state index < -0.39 is 0 Å². The molecule has 0 aliphatic carbocycles. The number of nitrogens with two attached hydrogens (primary N) is 1. The number of likely N-dealkylation sites (tertiary alicyclic amines) is 1. The molecule has 1 heterocycles. The summed E-state index contributed by atoms with van der Waals surface area (Å²) in [6, 6.07) is 0. The highest BCUT2D eigenvalue weighted by Gasteiger charge is 2.16. The van der Waals surface area contributed by atoms with E-state index in [-0.39, 0.29) is 0 Å². The predicted octanol–water partition coefficient (Wildman–Crippen LogP) is 1.42. The van der Waals surface area contributed by atoms with Crippen molar-refractivity contribution < 1.29 is 0 Å². The van der Waals surface area contributed by atoms with Gasteiger partial charge in [-0.05, 0) is 45.2 Å². The second-order valence-corrected chi connectivity index (χ2v) is 3.71. The van der Waals surface area contributed by atoms with Gasteiger partial charge in [0.25, 0.3) is 0 Å². The maximum atomic E-state index is 5.57. The van der Waals surface area contributed by atoms with Gasteiger partial charge in [-0.1, -0.05) is 0 Å². The van der Waals surface area contributed by atoms with Crippen LogP contribution in [0.2, 0.25) is 0 Å². The first-order valence-electron chi connectivity index (χ1n) is 5.19. The van der Waals surface area contributed by atoms with Crippen LogP contribution < -0.4 is 5.73 Å². The molecule has 13 heavy (non-hydrogen) atoms. The van der Waals surface area contributed by atoms with Crippen molar-refractivity contribution in [2.45, 2.75) is 32.6 Å². The van der Waals surface area contributed by atoms with Crippen LogP contribution in [0.5, 0.6) is 0 Å². The van der Waals surface area contributed by atoms with Gasteiger partial charge in [-0.2, -0.15) is 0 Å². The zero-order valence-corrected chi connectivity index (χ0v) is 8.55. The Hall–Kier alpha value is -0.520. The molecule has 0 unspecified atom stereocenters. The average molecular weight is 180 g/mol. The molecule has 2 heteroatoms. The summed E-state index contributed by atoms with van der Waals surface area (Å²) in [6.07, 6.45) is 4.97. The minimum atomic E-state index is 0.724. The van der Waals surface area contributed by atoms with Crippen molar-refractivity contribution in [2.24, 2.45) is 11.7 Å². The smallest absolute Gasteiger partial charge is 0.0455 e. The van der Waals surface area contributed by atoms with Gasteiger partial charge in [-0.3, -0.25) is 4.90 Å². The minimum absolute atomic E-state index is 0.724. The van der Waals surface area contributed by atoms with Crippen molar-refractivity contribution in [2.75, 3.05) is 19.8 Å². The van der Waals surface area contributed by atoms with E-state index in [1.165, 1.54) is 32.4 Å². The van der Waals surface area contributed by atoms with Gasteiger partial charge in [0.1, 0.15) is 0 Å². The lowest BCUT2D eigenvalue weighted by molar-refractivity contribution is 0.184. The molecule has 1 rings (SSSR count). The molecule has 1 fully saturated rings. The summed E-state index contributed by atoms with van der Waals surface area (Å²) in [7, 11) is 0. The molecule has 0 atom stereocenters. The Morgan fingerprint density at radius 2 is 2.08 bits per heavy atom. The van der Waals surface area contributed by atoms with E-state index >= 15 is 0 Å². The highest BCUT2D eigenvalue weighted by Crippen LogP contribution is 2.20. The highest BCUT2D eigenvalue weighted by atomic mass is 15.2. The van der Waals surface area contributed by atoms with Crippen molar-refractivity contribution in [3.05, 3.63) is 0 Å². The molecule has 0 aromatic rings. The first-order valence-corrected chi connectivity index (χ1v) is 5.19. The molecule has 1 aliphatic rings. The maximum absolute atomic E-state index is 5.57. The van der Waals surface area contributed by atoms with E-state index in [4.69, 9.17) is 5.73 Å². The van der Waals surface area contributed by atoms with Crippen LogP contribution in [0.3, 0.4) is 0 Å². The van der Waals surface area contributed by atoms with Crippen molar-refractivity contribution in [1.29, 1.82) is 0 Å². The van der Waals surface area contributed by atoms with Crippen LogP contribution in [0, 0.1) is 17.8 Å². The standard InChI is InChI=1S/C11H20N2/c1-2-3-4-5-11-6-8-13(10-12)9-7-11/h11H,4-10,12H2,1H3. The number of hydrogen-bond acceptors (Lipinski definition) is 2. The molecule has 2 N–H and O–H groups in total. The van der Waals surface area contributed by atoms with E-state index in [1.54, 1.807) is 0 Å². The molecular formula is C11H20N2. The van der Waals surface area contributed by atoms with Crippen molar-refractivity contribution in [1.82, 2.24) is 4.90 Å². The van der Waals surface area contributed by atoms with E-state index in [1.807, 2.05) is 6.92 Å². The first-order chi connectivity index (χ1) is 6.36. The maximum Gasteiger partial charge on any atom is 0.0455 e. The summed E-state index contributed by atoms with van der Waals surface area (Å²) < 4.78 is 0. The Labute approximate surface area is 81.5 Å². The molecule has 0 bridgehead atoms. The third kappa shape index (κ3) is 3.80. The van der Waals surface area contributed by atoms with Gasteiger partial charge < -0.3 is 5.73 Å². The fourth-order valence-corrected chi connectivity index (χ4v) is 1.86. The van der Waals surface area contributed by atoms with E-state index in [0.29, 0.717) is 0 Å². The molecule has 1 aliphatic heterocycles. The Bertz CT molecular complexity index is 182. The molecule has 74 valence electrons. The molecule has 0 spiro atoms. The number of rotatable bonds is 3. The van der Waals surface area contributed by atoms with Gasteiger partial charge in [-0.25, -0.2) is 0 Å². The van der Waals surface area contributed by atoms with E-state index in [0.717, 1.165) is 19.0 Å². The monoisotopic (exact) mass is 180 g/mol. The third-order valence-corrected chi connectivity index (χ3v) is 2.82. The van der Waals surface area contributed by atoms with Crippen molar-refractivity contribution >= 4 is 0 Å². The summed E-state index contributed by atoms with van der Waals surface area (Å²) in [4.78, 5) is 2.32. The number of piperidine rings is 1. The lowest BCUT2D eigenvalue weighted by Gasteiger charge is -2.30. The fourth-order valence-electron chi connectivity index (χ4n) is 1.86. The van der Waals surface area contributed by atoms with Crippen LogP contribution in [0.25, 0.3) is 0 Å². The Kier molecular flexibility index (Phi) is 4.88. The lowest BCUT2D eigenvalue weighted by Crippen LogP contribution is -2.37. The van der Waals surface area contributed by atoms with Gasteiger partial charge in [0.05, 0.1) is 0 Å². The topological polar surface area (TPSA) is 29.3 Å². The van der Waals surface area contributed by atoms with Gasteiger partial charge in [0.2, 0.25) is 0 Å². The van der Waals surface area contributed by atoms with Gasteiger partial charge in [0.15, 0.2) is 0 Å². The second-order valence-electron chi connectivity index (χ2n) is 3.71. The first kappa shape index (κ1) is 10.6. The van der Waals surface area contributed by atoms with Crippen LogP contribution in [0.15, 0.2) is 0 Å². The average Bonchev–Trinajstić information content (AvgIpc) is 2.19. The van der Waals surface area contributed by atoms with Crippen molar-refractivity contribution in [3.8, 4) is 11.8 Å². The minimum Gasteiger partial charge on any atom is -0.318 e. The fraction of sp³-hybridized carbons (Fsp3) is 0.818. The molecule has 0 radical (unpaired) electrons. The molecule has 2 nitrogen and oxygen atoms in total. The number of nitrogens with zero attached hydrogens (tertiary/aromatic N) is 1. The molecule has 0 amide bonds. The van der Waals surface area contributed by atoms with Crippen LogP contribution in [-0.2, 0) is 0 Å². The molecule has 0 aromatic heterocycles. The van der Waals surface area contributed by atoms with E-state index in [2.05, 4.69) is 16.7 Å². The third-order valence-electron chi connectivity index (χ3n) is 2.82. The summed E-state index contributed by atoms with van der Waals surface area (Å²) in [5.74, 6) is 6.97. The summed E-state index contributed by atoms with van der Waals surface area (Å²) >= 11 is 0. The SMILES string of the molecule is CC#CCCC1CCN(CN)CC1. The Morgan fingerprint density at radius 3 is 2.62 bits per heavy atom. The van der Waals surface area contributed by atoms with Crippen LogP contribution in [0.1, 0.15) is 32.6 Å². The van der Waals surface area contributed by atoms with Crippen molar-refractivity contribution in [3.63, 3.8) is 0 Å². The quantitative estimate of drug-likeness (QED) is 0.666. The van der Waals surface area contributed by atoms with Crippen LogP contribution >= 0.6 is 0 Å². The Morgan fingerprint density at radius 1 is 1.38 bits per heavy atom. The predicted molar refractivity (Wildman–Crippen MR) is 56.0 cm³/mol. The van der Waals surface area contributed by atoms with Crippen LogP contribution in [-0.4, -0.2) is 24.7 Å². The summed E-state index contributed by atoms with van der Waals surface area (Å²) in [6.45, 7) is 5.00. The van der Waals surface area contributed by atoms with Gasteiger partial charge in [0, 0.05) is 13.1 Å². The van der Waals surface area contributed by atoms with Gasteiger partial charge >= 0.3 is 0 Å².